The van der Waals surface area contributed by atoms with Gasteiger partial charge in [0.25, 0.3) is 0 Å². The van der Waals surface area contributed by atoms with Crippen LogP contribution in [0.4, 0.5) is 8.78 Å². The summed E-state index contributed by atoms with van der Waals surface area (Å²) in [6.45, 7) is 3.86. The third-order valence-corrected chi connectivity index (χ3v) is 6.36. The number of benzene rings is 2. The van der Waals surface area contributed by atoms with E-state index >= 15 is 0 Å². The van der Waals surface area contributed by atoms with Gasteiger partial charge in [-0.15, -0.1) is 6.58 Å². The second-order valence-corrected chi connectivity index (χ2v) is 7.77. The van der Waals surface area contributed by atoms with Crippen molar-refractivity contribution in [2.45, 2.75) is 22.5 Å². The summed E-state index contributed by atoms with van der Waals surface area (Å²) in [5.74, 6) is -1.45. The average Bonchev–Trinajstić information content (AvgIpc) is 2.58. The first-order valence-electron chi connectivity index (χ1n) is 7.39. The number of allylic oxidation sites excluding steroid dienone is 1. The summed E-state index contributed by atoms with van der Waals surface area (Å²) in [7, 11) is 0. The predicted octanol–water partition coefficient (Wildman–Crippen LogP) is 4.98. The zero-order valence-electron chi connectivity index (χ0n) is 12.7. The molecule has 0 aliphatic carbocycles. The minimum absolute atomic E-state index is 0.0157. The molecule has 2 aromatic rings. The molecular weight excluding hydrogens is 354 g/mol. The van der Waals surface area contributed by atoms with E-state index in [1.54, 1.807) is 30.3 Å². The monoisotopic (exact) mass is 368 g/mol. The summed E-state index contributed by atoms with van der Waals surface area (Å²) in [4.78, 5) is 0.498. The van der Waals surface area contributed by atoms with Crippen LogP contribution in [0.25, 0.3) is 0 Å². The molecule has 0 N–H and O–H groups in total. The standard InChI is InChI=1S/C18H15ClF2O2S/c1-2-9-18(24(22)13-5-3-12(19)4-6-13)10-11-23-17-15(21)8-7-14(20)16(17)18/h2-8H,1,9-11H2. The van der Waals surface area contributed by atoms with Crippen LogP contribution >= 0.6 is 11.6 Å². The van der Waals surface area contributed by atoms with E-state index in [4.69, 9.17) is 16.3 Å². The summed E-state index contributed by atoms with van der Waals surface area (Å²) in [6, 6.07) is 8.57. The molecule has 0 bridgehead atoms. The normalized spacial score (nSPS) is 20.8. The fourth-order valence-electron chi connectivity index (χ4n) is 3.02. The third kappa shape index (κ3) is 2.81. The van der Waals surface area contributed by atoms with Crippen molar-refractivity contribution in [2.75, 3.05) is 6.61 Å². The minimum atomic E-state index is -1.63. The largest absolute Gasteiger partial charge is 0.611 e. The summed E-state index contributed by atoms with van der Waals surface area (Å²) in [5, 5.41) is 0.512. The number of hydrogen-bond donors (Lipinski definition) is 0. The Morgan fingerprint density at radius 3 is 2.54 bits per heavy atom. The highest BCUT2D eigenvalue weighted by Crippen LogP contribution is 2.50. The maximum Gasteiger partial charge on any atom is 0.169 e. The van der Waals surface area contributed by atoms with Gasteiger partial charge >= 0.3 is 0 Å². The van der Waals surface area contributed by atoms with Gasteiger partial charge < -0.3 is 9.29 Å². The van der Waals surface area contributed by atoms with Crippen molar-refractivity contribution in [1.29, 1.82) is 0 Å². The molecule has 1 aliphatic rings. The number of rotatable bonds is 4. The van der Waals surface area contributed by atoms with Crippen LogP contribution in [0.15, 0.2) is 53.9 Å². The molecule has 2 atom stereocenters. The minimum Gasteiger partial charge on any atom is -0.611 e. The van der Waals surface area contributed by atoms with E-state index in [1.807, 2.05) is 0 Å². The van der Waals surface area contributed by atoms with Gasteiger partial charge in [-0.25, -0.2) is 8.78 Å². The van der Waals surface area contributed by atoms with E-state index in [1.165, 1.54) is 0 Å². The molecule has 0 radical (unpaired) electrons. The summed E-state index contributed by atoms with van der Waals surface area (Å²) in [6.07, 6.45) is 2.11. The molecule has 6 heteroatoms. The zero-order chi connectivity index (χ0) is 17.3. The molecule has 0 saturated carbocycles. The molecule has 0 aromatic heterocycles. The lowest BCUT2D eigenvalue weighted by atomic mass is 9.88. The van der Waals surface area contributed by atoms with E-state index in [9.17, 15) is 13.3 Å². The van der Waals surface area contributed by atoms with Crippen molar-refractivity contribution in [2.24, 2.45) is 0 Å². The van der Waals surface area contributed by atoms with Gasteiger partial charge in [0.15, 0.2) is 21.2 Å². The Bertz CT molecular complexity index is 766. The van der Waals surface area contributed by atoms with Crippen LogP contribution in [0.3, 0.4) is 0 Å². The van der Waals surface area contributed by atoms with Crippen molar-refractivity contribution in [3.05, 3.63) is 71.3 Å². The van der Waals surface area contributed by atoms with E-state index < -0.39 is 27.6 Å². The molecule has 0 amide bonds. The van der Waals surface area contributed by atoms with Gasteiger partial charge in [0, 0.05) is 17.9 Å². The number of hydrogen-bond acceptors (Lipinski definition) is 2. The van der Waals surface area contributed by atoms with Crippen LogP contribution in [0, 0.1) is 11.6 Å². The van der Waals surface area contributed by atoms with Crippen LogP contribution in [0.2, 0.25) is 5.02 Å². The third-order valence-electron chi connectivity index (χ3n) is 4.12. The van der Waals surface area contributed by atoms with Gasteiger partial charge in [0.1, 0.15) is 5.82 Å². The van der Waals surface area contributed by atoms with Gasteiger partial charge in [-0.2, -0.15) is 0 Å². The predicted molar refractivity (Wildman–Crippen MR) is 90.8 cm³/mol. The molecule has 3 rings (SSSR count). The second kappa shape index (κ2) is 6.75. The molecule has 2 nitrogen and oxygen atoms in total. The number of fused-ring (bicyclic) bond motifs is 1. The van der Waals surface area contributed by atoms with Crippen LogP contribution in [-0.2, 0) is 15.9 Å². The van der Waals surface area contributed by atoms with Gasteiger partial charge in [-0.3, -0.25) is 0 Å². The molecule has 2 unspecified atom stereocenters. The number of halogens is 3. The Hall–Kier alpha value is -1.56. The lowest BCUT2D eigenvalue weighted by Gasteiger charge is -2.39. The lowest BCUT2D eigenvalue weighted by molar-refractivity contribution is 0.233. The molecule has 2 aromatic carbocycles. The first-order chi connectivity index (χ1) is 11.5. The SMILES string of the molecule is C=CCC1([S+]([O-])c2ccc(Cl)cc2)CCOc2c(F)ccc(F)c21. The maximum absolute atomic E-state index is 14.6. The van der Waals surface area contributed by atoms with Crippen molar-refractivity contribution >= 4 is 22.8 Å². The van der Waals surface area contributed by atoms with E-state index in [0.29, 0.717) is 16.3 Å². The van der Waals surface area contributed by atoms with Crippen LogP contribution < -0.4 is 4.74 Å². The lowest BCUT2D eigenvalue weighted by Crippen LogP contribution is -2.41. The Balaban J connectivity index is 2.19. The fourth-order valence-corrected chi connectivity index (χ4v) is 4.90. The van der Waals surface area contributed by atoms with Gasteiger partial charge in [0.2, 0.25) is 0 Å². The van der Waals surface area contributed by atoms with Crippen LogP contribution in [-0.4, -0.2) is 11.2 Å². The summed E-state index contributed by atoms with van der Waals surface area (Å²) in [5.41, 5.74) is 0.0157. The molecule has 1 heterocycles. The summed E-state index contributed by atoms with van der Waals surface area (Å²) < 4.78 is 46.2. The smallest absolute Gasteiger partial charge is 0.169 e. The fraction of sp³-hybridized carbons (Fsp3) is 0.222. The van der Waals surface area contributed by atoms with Crippen molar-refractivity contribution in [1.82, 2.24) is 0 Å². The van der Waals surface area contributed by atoms with Crippen LogP contribution in [0.1, 0.15) is 18.4 Å². The highest BCUT2D eigenvalue weighted by Gasteiger charge is 2.51. The molecule has 24 heavy (non-hydrogen) atoms. The van der Waals surface area contributed by atoms with Gasteiger partial charge in [-0.1, -0.05) is 17.7 Å². The molecule has 1 aliphatic heterocycles. The van der Waals surface area contributed by atoms with E-state index in [-0.39, 0.29) is 24.3 Å². The van der Waals surface area contributed by atoms with Crippen molar-refractivity contribution in [3.63, 3.8) is 0 Å². The molecule has 0 saturated heterocycles. The van der Waals surface area contributed by atoms with Crippen LogP contribution in [0.5, 0.6) is 5.75 Å². The topological polar surface area (TPSA) is 32.3 Å². The molecule has 0 fully saturated rings. The summed E-state index contributed by atoms with van der Waals surface area (Å²) >= 11 is 4.25. The molecular formula is C18H15ClF2O2S. The highest BCUT2D eigenvalue weighted by molar-refractivity contribution is 7.92. The van der Waals surface area contributed by atoms with Crippen molar-refractivity contribution < 1.29 is 18.1 Å². The first-order valence-corrected chi connectivity index (χ1v) is 8.92. The second-order valence-electron chi connectivity index (χ2n) is 5.54. The number of ether oxygens (including phenoxy) is 1. The molecule has 126 valence electrons. The van der Waals surface area contributed by atoms with E-state index in [2.05, 4.69) is 6.58 Å². The quantitative estimate of drug-likeness (QED) is 0.563. The maximum atomic E-state index is 14.6. The van der Waals surface area contributed by atoms with Gasteiger partial charge in [0.05, 0.1) is 12.2 Å². The Labute approximate surface area is 147 Å². The zero-order valence-corrected chi connectivity index (χ0v) is 14.3. The Kier molecular flexibility index (Phi) is 4.85. The highest BCUT2D eigenvalue weighted by atomic mass is 35.5. The molecule has 0 spiro atoms. The van der Waals surface area contributed by atoms with E-state index in [0.717, 1.165) is 12.1 Å². The Morgan fingerprint density at radius 1 is 1.21 bits per heavy atom. The van der Waals surface area contributed by atoms with Gasteiger partial charge in [-0.05, 0) is 47.6 Å². The first kappa shape index (κ1) is 17.3. The van der Waals surface area contributed by atoms with Crippen molar-refractivity contribution in [3.8, 4) is 5.75 Å². The average molecular weight is 369 g/mol. The Morgan fingerprint density at radius 2 is 1.88 bits per heavy atom.